The molecule has 2 saturated heterocycles. The van der Waals surface area contributed by atoms with Crippen LogP contribution in [0.15, 0.2) is 0 Å². The van der Waals surface area contributed by atoms with Gasteiger partial charge in [-0.25, -0.2) is 4.98 Å². The molecule has 3 aliphatic rings. The van der Waals surface area contributed by atoms with Gasteiger partial charge >= 0.3 is 0 Å². The smallest absolute Gasteiger partial charge is 0.109 e. The average molecular weight is 288 g/mol. The Hall–Kier alpha value is -0.870. The average Bonchev–Trinajstić information content (AvgIpc) is 3.10. The molecule has 0 aromatic carbocycles. The molecule has 2 unspecified atom stereocenters. The van der Waals surface area contributed by atoms with Crippen LogP contribution < -0.4 is 5.32 Å². The van der Waals surface area contributed by atoms with E-state index in [0.717, 1.165) is 32.0 Å². The highest BCUT2D eigenvalue weighted by atomic mass is 15.2. The standard InChI is InChI=1S/C17H28N4/c1-2-4-17-19-15-12-18-8-6-16(15)21(17)14-7-10-20-9-3-5-13(20)11-14/h13-14,18H,2-12H2,1H3. The van der Waals surface area contributed by atoms with Crippen molar-refractivity contribution >= 4 is 0 Å². The van der Waals surface area contributed by atoms with E-state index in [1.165, 1.54) is 56.7 Å². The van der Waals surface area contributed by atoms with E-state index in [1.54, 1.807) is 5.69 Å². The third-order valence-corrected chi connectivity index (χ3v) is 5.63. The van der Waals surface area contributed by atoms with Crippen LogP contribution in [0.25, 0.3) is 0 Å². The molecule has 1 aromatic heterocycles. The zero-order chi connectivity index (χ0) is 14.2. The fourth-order valence-electron chi connectivity index (χ4n) is 4.66. The van der Waals surface area contributed by atoms with Crippen LogP contribution in [0.2, 0.25) is 0 Å². The van der Waals surface area contributed by atoms with E-state index >= 15 is 0 Å². The van der Waals surface area contributed by atoms with Gasteiger partial charge in [0.1, 0.15) is 5.82 Å². The molecule has 2 atom stereocenters. The minimum absolute atomic E-state index is 0.709. The number of hydrogen-bond donors (Lipinski definition) is 1. The minimum Gasteiger partial charge on any atom is -0.328 e. The van der Waals surface area contributed by atoms with Crippen molar-refractivity contribution in [1.82, 2.24) is 19.8 Å². The molecule has 4 heteroatoms. The zero-order valence-electron chi connectivity index (χ0n) is 13.3. The molecule has 0 spiro atoms. The highest BCUT2D eigenvalue weighted by Crippen LogP contribution is 2.35. The molecular formula is C17H28N4. The number of fused-ring (bicyclic) bond motifs is 2. The number of rotatable bonds is 3. The summed E-state index contributed by atoms with van der Waals surface area (Å²) in [6, 6.07) is 1.55. The summed E-state index contributed by atoms with van der Waals surface area (Å²) in [5.74, 6) is 1.36. The van der Waals surface area contributed by atoms with Crippen molar-refractivity contribution in [3.63, 3.8) is 0 Å². The third kappa shape index (κ3) is 2.42. The van der Waals surface area contributed by atoms with Crippen molar-refractivity contribution in [2.45, 2.75) is 70.5 Å². The molecule has 21 heavy (non-hydrogen) atoms. The highest BCUT2D eigenvalue weighted by molar-refractivity contribution is 5.22. The van der Waals surface area contributed by atoms with Gasteiger partial charge in [0.15, 0.2) is 0 Å². The first-order valence-electron chi connectivity index (χ1n) is 8.90. The van der Waals surface area contributed by atoms with Gasteiger partial charge in [0.05, 0.1) is 5.69 Å². The summed E-state index contributed by atoms with van der Waals surface area (Å²) in [5, 5.41) is 3.48. The summed E-state index contributed by atoms with van der Waals surface area (Å²) in [6.45, 7) is 7.00. The van der Waals surface area contributed by atoms with E-state index in [2.05, 4.69) is 21.7 Å². The molecule has 4 nitrogen and oxygen atoms in total. The Bertz CT molecular complexity index is 507. The normalized spacial score (nSPS) is 29.4. The lowest BCUT2D eigenvalue weighted by Crippen LogP contribution is -2.39. The lowest BCUT2D eigenvalue weighted by molar-refractivity contribution is 0.152. The summed E-state index contributed by atoms with van der Waals surface area (Å²) < 4.78 is 2.68. The van der Waals surface area contributed by atoms with Gasteiger partial charge in [0.25, 0.3) is 0 Å². The van der Waals surface area contributed by atoms with E-state index in [0.29, 0.717) is 6.04 Å². The Labute approximate surface area is 127 Å². The second-order valence-corrected chi connectivity index (χ2v) is 6.98. The van der Waals surface area contributed by atoms with Crippen LogP contribution in [-0.4, -0.2) is 40.1 Å². The lowest BCUT2D eigenvalue weighted by Gasteiger charge is -2.37. The number of imidazole rings is 1. The van der Waals surface area contributed by atoms with E-state index in [1.807, 2.05) is 0 Å². The van der Waals surface area contributed by atoms with E-state index in [9.17, 15) is 0 Å². The monoisotopic (exact) mass is 288 g/mol. The number of aromatic nitrogens is 2. The maximum Gasteiger partial charge on any atom is 0.109 e. The second kappa shape index (κ2) is 5.73. The van der Waals surface area contributed by atoms with Crippen LogP contribution in [0.5, 0.6) is 0 Å². The maximum absolute atomic E-state index is 4.99. The van der Waals surface area contributed by atoms with Gasteiger partial charge < -0.3 is 14.8 Å². The number of nitrogens with zero attached hydrogens (tertiary/aromatic N) is 3. The summed E-state index contributed by atoms with van der Waals surface area (Å²) in [6.07, 6.45) is 9.00. The summed E-state index contributed by atoms with van der Waals surface area (Å²) in [5.41, 5.74) is 2.88. The number of aryl methyl sites for hydroxylation is 1. The molecule has 4 rings (SSSR count). The van der Waals surface area contributed by atoms with Crippen LogP contribution >= 0.6 is 0 Å². The van der Waals surface area contributed by atoms with Gasteiger partial charge in [-0.3, -0.25) is 0 Å². The van der Waals surface area contributed by atoms with Crippen molar-refractivity contribution < 1.29 is 0 Å². The van der Waals surface area contributed by atoms with Gasteiger partial charge in [-0.05, 0) is 38.6 Å². The summed E-state index contributed by atoms with van der Waals surface area (Å²) in [7, 11) is 0. The van der Waals surface area contributed by atoms with Crippen molar-refractivity contribution in [2.24, 2.45) is 0 Å². The molecular weight excluding hydrogens is 260 g/mol. The van der Waals surface area contributed by atoms with Gasteiger partial charge in [0.2, 0.25) is 0 Å². The predicted molar refractivity (Wildman–Crippen MR) is 84.5 cm³/mol. The molecule has 0 amide bonds. The molecule has 116 valence electrons. The van der Waals surface area contributed by atoms with Gasteiger partial charge in [-0.15, -0.1) is 0 Å². The van der Waals surface area contributed by atoms with Crippen molar-refractivity contribution in [3.8, 4) is 0 Å². The lowest BCUT2D eigenvalue weighted by atomic mass is 9.96. The Morgan fingerprint density at radius 2 is 2.19 bits per heavy atom. The predicted octanol–water partition coefficient (Wildman–Crippen LogP) is 2.28. The van der Waals surface area contributed by atoms with Crippen LogP contribution in [0.3, 0.4) is 0 Å². The molecule has 0 saturated carbocycles. The van der Waals surface area contributed by atoms with Gasteiger partial charge in [0, 0.05) is 50.3 Å². The Balaban J connectivity index is 1.64. The van der Waals surface area contributed by atoms with Crippen LogP contribution in [0.4, 0.5) is 0 Å². The number of hydrogen-bond acceptors (Lipinski definition) is 3. The molecule has 0 radical (unpaired) electrons. The number of nitrogens with one attached hydrogen (secondary N) is 1. The van der Waals surface area contributed by atoms with Crippen LogP contribution in [-0.2, 0) is 19.4 Å². The summed E-state index contributed by atoms with van der Waals surface area (Å²) >= 11 is 0. The molecule has 1 aromatic rings. The highest BCUT2D eigenvalue weighted by Gasteiger charge is 2.34. The van der Waals surface area contributed by atoms with E-state index in [4.69, 9.17) is 4.98 Å². The fourth-order valence-corrected chi connectivity index (χ4v) is 4.66. The first-order chi connectivity index (χ1) is 10.4. The van der Waals surface area contributed by atoms with Gasteiger partial charge in [-0.2, -0.15) is 0 Å². The fraction of sp³-hybridized carbons (Fsp3) is 0.824. The molecule has 0 aliphatic carbocycles. The van der Waals surface area contributed by atoms with Crippen LogP contribution in [0.1, 0.15) is 62.3 Å². The van der Waals surface area contributed by atoms with Crippen molar-refractivity contribution in [3.05, 3.63) is 17.2 Å². The first kappa shape index (κ1) is 13.8. The molecule has 2 fully saturated rings. The topological polar surface area (TPSA) is 33.1 Å². The largest absolute Gasteiger partial charge is 0.328 e. The summed E-state index contributed by atoms with van der Waals surface area (Å²) in [4.78, 5) is 7.71. The number of piperidine rings is 1. The second-order valence-electron chi connectivity index (χ2n) is 6.98. The van der Waals surface area contributed by atoms with Crippen molar-refractivity contribution in [1.29, 1.82) is 0 Å². The molecule has 0 bridgehead atoms. The third-order valence-electron chi connectivity index (χ3n) is 5.63. The Morgan fingerprint density at radius 1 is 1.24 bits per heavy atom. The minimum atomic E-state index is 0.709. The van der Waals surface area contributed by atoms with Gasteiger partial charge in [-0.1, -0.05) is 6.92 Å². The Morgan fingerprint density at radius 3 is 3.10 bits per heavy atom. The molecule has 3 aliphatic heterocycles. The SMILES string of the molecule is CCCc1nc2c(n1C1CCN3CCCC3C1)CCNC2. The van der Waals surface area contributed by atoms with Crippen LogP contribution in [0, 0.1) is 0 Å². The van der Waals surface area contributed by atoms with Crippen molar-refractivity contribution in [2.75, 3.05) is 19.6 Å². The quantitative estimate of drug-likeness (QED) is 0.926. The van der Waals surface area contributed by atoms with E-state index < -0.39 is 0 Å². The zero-order valence-corrected chi connectivity index (χ0v) is 13.3. The molecule has 1 N–H and O–H groups in total. The molecule has 4 heterocycles. The van der Waals surface area contributed by atoms with E-state index in [-0.39, 0.29) is 0 Å². The maximum atomic E-state index is 4.99. The Kier molecular flexibility index (Phi) is 3.76. The first-order valence-corrected chi connectivity index (χ1v) is 8.90.